The molecule has 0 aromatic carbocycles. The lowest BCUT2D eigenvalue weighted by Crippen LogP contribution is -2.40. The van der Waals surface area contributed by atoms with Crippen LogP contribution in [-0.2, 0) is 6.54 Å². The van der Waals surface area contributed by atoms with Crippen molar-refractivity contribution in [1.82, 2.24) is 20.1 Å². The van der Waals surface area contributed by atoms with E-state index in [9.17, 15) is 0 Å². The van der Waals surface area contributed by atoms with Crippen LogP contribution in [0.1, 0.15) is 19.3 Å². The second kappa shape index (κ2) is 10.9. The number of likely N-dealkylation sites (tertiary alicyclic amines) is 1. The second-order valence-electron chi connectivity index (χ2n) is 5.88. The number of hydrogen-bond donors (Lipinski definition) is 2. The molecule has 5 nitrogen and oxygen atoms in total. The van der Waals surface area contributed by atoms with Crippen LogP contribution in [0.4, 0.5) is 0 Å². The van der Waals surface area contributed by atoms with E-state index in [-0.39, 0.29) is 24.0 Å². The zero-order valence-electron chi connectivity index (χ0n) is 13.8. The molecule has 0 amide bonds. The van der Waals surface area contributed by atoms with E-state index in [1.807, 2.05) is 7.05 Å². The maximum Gasteiger partial charge on any atom is 0.191 e. The Kier molecular flexibility index (Phi) is 9.54. The van der Waals surface area contributed by atoms with E-state index >= 15 is 0 Å². The van der Waals surface area contributed by atoms with Crippen molar-refractivity contribution in [1.29, 1.82) is 0 Å². The third-order valence-corrected chi connectivity index (χ3v) is 4.24. The fourth-order valence-corrected chi connectivity index (χ4v) is 2.79. The molecule has 1 fully saturated rings. The molecule has 2 heterocycles. The van der Waals surface area contributed by atoms with Crippen LogP contribution in [0.5, 0.6) is 0 Å². The number of guanidine groups is 1. The smallest absolute Gasteiger partial charge is 0.191 e. The summed E-state index contributed by atoms with van der Waals surface area (Å²) in [4.78, 5) is 6.70. The molecule has 2 N–H and O–H groups in total. The van der Waals surface area contributed by atoms with Gasteiger partial charge in [0.15, 0.2) is 5.96 Å². The number of hydrogen-bond acceptors (Lipinski definition) is 2. The Morgan fingerprint density at radius 1 is 1.14 bits per heavy atom. The Morgan fingerprint density at radius 2 is 1.77 bits per heavy atom. The van der Waals surface area contributed by atoms with Gasteiger partial charge in [-0.2, -0.15) is 0 Å². The monoisotopic (exact) mass is 419 g/mol. The van der Waals surface area contributed by atoms with Gasteiger partial charge in [0.25, 0.3) is 0 Å². The van der Waals surface area contributed by atoms with Gasteiger partial charge in [-0.05, 0) is 57.5 Å². The molecule has 0 atom stereocenters. The fourth-order valence-electron chi connectivity index (χ4n) is 2.79. The van der Waals surface area contributed by atoms with Crippen LogP contribution >= 0.6 is 24.0 Å². The largest absolute Gasteiger partial charge is 0.356 e. The molecule has 0 radical (unpaired) electrons. The van der Waals surface area contributed by atoms with Gasteiger partial charge in [0.05, 0.1) is 0 Å². The van der Waals surface area contributed by atoms with Gasteiger partial charge in [-0.3, -0.25) is 4.99 Å². The Morgan fingerprint density at radius 3 is 2.41 bits per heavy atom. The van der Waals surface area contributed by atoms with Gasteiger partial charge >= 0.3 is 0 Å². The Labute approximate surface area is 151 Å². The molecular formula is C16H30IN5. The van der Waals surface area contributed by atoms with Gasteiger partial charge in [-0.1, -0.05) is 0 Å². The minimum absolute atomic E-state index is 0. The predicted octanol–water partition coefficient (Wildman–Crippen LogP) is 2.00. The summed E-state index contributed by atoms with van der Waals surface area (Å²) in [5.74, 6) is 1.78. The first-order chi connectivity index (χ1) is 10.3. The summed E-state index contributed by atoms with van der Waals surface area (Å²) < 4.78 is 2.17. The predicted molar refractivity (Wildman–Crippen MR) is 104 cm³/mol. The topological polar surface area (TPSA) is 44.6 Å². The number of halogens is 1. The maximum absolute atomic E-state index is 4.28. The van der Waals surface area contributed by atoms with Gasteiger partial charge in [0.2, 0.25) is 0 Å². The number of nitrogens with zero attached hydrogens (tertiary/aromatic N) is 3. The standard InChI is InChI=1S/C16H29N5.HI/c1-17-16(19-9-14-21-10-3-4-11-21)18-8-5-15-6-12-20(2)13-7-15;/h3-4,10-11,15H,5-9,12-14H2,1-2H3,(H2,17,18,19);1H. The van der Waals surface area contributed by atoms with E-state index in [1.165, 1.54) is 32.4 Å². The minimum atomic E-state index is 0. The molecule has 1 aliphatic heterocycles. The Hall–Kier alpha value is -0.760. The van der Waals surface area contributed by atoms with Crippen LogP contribution in [0.3, 0.4) is 0 Å². The molecule has 0 spiro atoms. The van der Waals surface area contributed by atoms with E-state index in [0.29, 0.717) is 0 Å². The summed E-state index contributed by atoms with van der Waals surface area (Å²) in [6.07, 6.45) is 8.07. The molecule has 126 valence electrons. The molecule has 1 aromatic heterocycles. The van der Waals surface area contributed by atoms with Crippen molar-refractivity contribution >= 4 is 29.9 Å². The average Bonchev–Trinajstić information content (AvgIpc) is 3.01. The lowest BCUT2D eigenvalue weighted by Gasteiger charge is -2.29. The van der Waals surface area contributed by atoms with Crippen LogP contribution in [0.15, 0.2) is 29.5 Å². The van der Waals surface area contributed by atoms with E-state index in [2.05, 4.69) is 56.7 Å². The van der Waals surface area contributed by atoms with E-state index in [1.54, 1.807) is 0 Å². The van der Waals surface area contributed by atoms with Crippen LogP contribution in [-0.4, -0.2) is 55.7 Å². The molecule has 1 saturated heterocycles. The fraction of sp³-hybridized carbons (Fsp3) is 0.688. The van der Waals surface area contributed by atoms with Crippen molar-refractivity contribution in [3.05, 3.63) is 24.5 Å². The van der Waals surface area contributed by atoms with Gasteiger partial charge in [-0.25, -0.2) is 0 Å². The van der Waals surface area contributed by atoms with Crippen LogP contribution in [0, 0.1) is 5.92 Å². The summed E-state index contributed by atoms with van der Waals surface area (Å²) in [6, 6.07) is 4.10. The summed E-state index contributed by atoms with van der Waals surface area (Å²) >= 11 is 0. The van der Waals surface area contributed by atoms with Crippen molar-refractivity contribution in [3.8, 4) is 0 Å². The molecule has 6 heteroatoms. The summed E-state index contributed by atoms with van der Waals surface area (Å²) in [6.45, 7) is 5.35. The molecule has 1 aromatic rings. The Bertz CT molecular complexity index is 410. The van der Waals surface area contributed by atoms with Gasteiger partial charge in [0, 0.05) is 39.1 Å². The summed E-state index contributed by atoms with van der Waals surface area (Å²) in [5, 5.41) is 6.79. The number of aliphatic imine (C=N–C) groups is 1. The number of nitrogens with one attached hydrogen (secondary N) is 2. The van der Waals surface area contributed by atoms with E-state index in [4.69, 9.17) is 0 Å². The summed E-state index contributed by atoms with van der Waals surface area (Å²) in [5.41, 5.74) is 0. The molecule has 0 bridgehead atoms. The van der Waals surface area contributed by atoms with Crippen LogP contribution in [0.2, 0.25) is 0 Å². The summed E-state index contributed by atoms with van der Waals surface area (Å²) in [7, 11) is 4.05. The molecule has 22 heavy (non-hydrogen) atoms. The second-order valence-corrected chi connectivity index (χ2v) is 5.88. The average molecular weight is 419 g/mol. The highest BCUT2D eigenvalue weighted by Crippen LogP contribution is 2.18. The minimum Gasteiger partial charge on any atom is -0.356 e. The molecule has 0 unspecified atom stereocenters. The highest BCUT2D eigenvalue weighted by atomic mass is 127. The van der Waals surface area contributed by atoms with Crippen molar-refractivity contribution in [2.45, 2.75) is 25.8 Å². The molecule has 1 aliphatic rings. The molecular weight excluding hydrogens is 389 g/mol. The van der Waals surface area contributed by atoms with Gasteiger partial charge < -0.3 is 20.1 Å². The number of piperidine rings is 1. The third-order valence-electron chi connectivity index (χ3n) is 4.24. The first kappa shape index (κ1) is 19.3. The quantitative estimate of drug-likeness (QED) is 0.421. The lowest BCUT2D eigenvalue weighted by atomic mass is 9.94. The highest BCUT2D eigenvalue weighted by Gasteiger charge is 2.16. The molecule has 0 aliphatic carbocycles. The van der Waals surface area contributed by atoms with E-state index in [0.717, 1.165) is 31.5 Å². The zero-order chi connectivity index (χ0) is 14.9. The van der Waals surface area contributed by atoms with Crippen molar-refractivity contribution in [2.75, 3.05) is 40.3 Å². The van der Waals surface area contributed by atoms with Crippen LogP contribution < -0.4 is 10.6 Å². The molecule has 0 saturated carbocycles. The number of aromatic nitrogens is 1. The van der Waals surface area contributed by atoms with Gasteiger partial charge in [-0.15, -0.1) is 24.0 Å². The SMILES string of the molecule is CN=C(NCCC1CCN(C)CC1)NCCn1cccc1.I. The highest BCUT2D eigenvalue weighted by molar-refractivity contribution is 14.0. The van der Waals surface area contributed by atoms with Crippen molar-refractivity contribution in [3.63, 3.8) is 0 Å². The normalized spacial score (nSPS) is 17.1. The zero-order valence-corrected chi connectivity index (χ0v) is 16.1. The third kappa shape index (κ3) is 7.00. The van der Waals surface area contributed by atoms with E-state index < -0.39 is 0 Å². The Balaban J connectivity index is 0.00000242. The van der Waals surface area contributed by atoms with Crippen LogP contribution in [0.25, 0.3) is 0 Å². The maximum atomic E-state index is 4.28. The first-order valence-corrected chi connectivity index (χ1v) is 8.01. The van der Waals surface area contributed by atoms with Crippen molar-refractivity contribution < 1.29 is 0 Å². The van der Waals surface area contributed by atoms with Gasteiger partial charge in [0.1, 0.15) is 0 Å². The lowest BCUT2D eigenvalue weighted by molar-refractivity contribution is 0.213. The first-order valence-electron chi connectivity index (χ1n) is 8.01. The van der Waals surface area contributed by atoms with Crippen molar-refractivity contribution in [2.24, 2.45) is 10.9 Å². The molecule has 2 rings (SSSR count). The number of rotatable bonds is 6.